The number of cyclic esters (lactones) is 1. The van der Waals surface area contributed by atoms with Crippen molar-refractivity contribution in [2.75, 3.05) is 40.6 Å². The smallest absolute Gasteiger partial charge is 0.329 e. The lowest BCUT2D eigenvalue weighted by molar-refractivity contribution is -0.164. The molecule has 10 nitrogen and oxygen atoms in total. The van der Waals surface area contributed by atoms with Crippen LogP contribution in [0.3, 0.4) is 0 Å². The lowest BCUT2D eigenvalue weighted by Crippen LogP contribution is -2.52. The van der Waals surface area contributed by atoms with E-state index < -0.39 is 36.2 Å². The summed E-state index contributed by atoms with van der Waals surface area (Å²) in [6.45, 7) is 1.94. The molecular weight excluding hydrogens is 530 g/mol. The van der Waals surface area contributed by atoms with Crippen LogP contribution in [0, 0.1) is 5.92 Å². The van der Waals surface area contributed by atoms with E-state index in [0.717, 1.165) is 50.5 Å². The molecule has 3 aliphatic rings. The lowest BCUT2D eigenvalue weighted by Gasteiger charge is -2.39. The maximum atomic E-state index is 14.5. The fraction of sp³-hybridized carbons (Fsp3) is 0.677. The maximum Gasteiger partial charge on any atom is 0.329 e. The summed E-state index contributed by atoms with van der Waals surface area (Å²) in [5.74, 6) is 0.162. The van der Waals surface area contributed by atoms with Crippen molar-refractivity contribution in [3.8, 4) is 17.2 Å². The Morgan fingerprint density at radius 2 is 1.78 bits per heavy atom. The van der Waals surface area contributed by atoms with Crippen molar-refractivity contribution in [1.29, 1.82) is 0 Å². The van der Waals surface area contributed by atoms with Crippen LogP contribution >= 0.6 is 0 Å². The molecular formula is C31H45NO9. The molecule has 1 aromatic rings. The number of amides is 1. The first-order chi connectivity index (χ1) is 19.9. The SMILES string of the molecule is COc1cc2cc(c1OC)OC[C@@H](CO)OC/C=C/[C@H](O)[C@@H](C)OC(=O)[C@@H]1CCCCN1C(=O)[C@H]2C1CCCCC1. The number of methoxy groups -OCH3 is 2. The van der Waals surface area contributed by atoms with E-state index in [1.807, 2.05) is 12.1 Å². The number of benzene rings is 1. The van der Waals surface area contributed by atoms with Crippen LogP contribution in [-0.4, -0.2) is 91.9 Å². The van der Waals surface area contributed by atoms with Gasteiger partial charge in [0.1, 0.15) is 31.0 Å². The number of carbonyl (C=O) groups is 2. The topological polar surface area (TPSA) is 124 Å². The Hall–Kier alpha value is -2.82. The minimum atomic E-state index is -1.05. The lowest BCUT2D eigenvalue weighted by atomic mass is 9.75. The van der Waals surface area contributed by atoms with Crippen LogP contribution in [0.5, 0.6) is 17.2 Å². The number of hydrogen-bond acceptors (Lipinski definition) is 9. The van der Waals surface area contributed by atoms with E-state index in [-0.39, 0.29) is 31.6 Å². The molecule has 0 unspecified atom stereocenters. The fourth-order valence-corrected chi connectivity index (χ4v) is 6.15. The zero-order valence-corrected chi connectivity index (χ0v) is 24.5. The molecule has 1 saturated heterocycles. The average molecular weight is 576 g/mol. The molecule has 2 fully saturated rings. The zero-order valence-electron chi connectivity index (χ0n) is 24.5. The molecule has 41 heavy (non-hydrogen) atoms. The van der Waals surface area contributed by atoms with Gasteiger partial charge in [-0.05, 0) is 62.6 Å². The first-order valence-electron chi connectivity index (χ1n) is 14.8. The third kappa shape index (κ3) is 7.53. The van der Waals surface area contributed by atoms with Crippen molar-refractivity contribution in [3.63, 3.8) is 0 Å². The average Bonchev–Trinajstić information content (AvgIpc) is 3.00. The summed E-state index contributed by atoms with van der Waals surface area (Å²) >= 11 is 0. The Morgan fingerprint density at radius 3 is 2.49 bits per heavy atom. The summed E-state index contributed by atoms with van der Waals surface area (Å²) in [6.07, 6.45) is 7.72. The predicted octanol–water partition coefficient (Wildman–Crippen LogP) is 3.37. The van der Waals surface area contributed by atoms with Gasteiger partial charge in [-0.25, -0.2) is 4.79 Å². The third-order valence-corrected chi connectivity index (χ3v) is 8.44. The molecule has 0 aromatic heterocycles. The largest absolute Gasteiger partial charge is 0.493 e. The second kappa shape index (κ2) is 14.9. The normalized spacial score (nSPS) is 29.8. The summed E-state index contributed by atoms with van der Waals surface area (Å²) in [4.78, 5) is 29.6. The second-order valence-corrected chi connectivity index (χ2v) is 11.2. The maximum absolute atomic E-state index is 14.5. The molecule has 2 bridgehead atoms. The van der Waals surface area contributed by atoms with E-state index in [0.29, 0.717) is 30.2 Å². The number of esters is 1. The van der Waals surface area contributed by atoms with Gasteiger partial charge >= 0.3 is 5.97 Å². The zero-order chi connectivity index (χ0) is 29.4. The quantitative estimate of drug-likeness (QED) is 0.411. The van der Waals surface area contributed by atoms with E-state index in [4.69, 9.17) is 23.7 Å². The highest BCUT2D eigenvalue weighted by atomic mass is 16.6. The molecule has 2 heterocycles. The summed E-state index contributed by atoms with van der Waals surface area (Å²) < 4.78 is 28.9. The minimum Gasteiger partial charge on any atom is -0.493 e. The monoisotopic (exact) mass is 575 g/mol. The van der Waals surface area contributed by atoms with Crippen LogP contribution in [0.1, 0.15) is 69.8 Å². The molecule has 1 aromatic carbocycles. The summed E-state index contributed by atoms with van der Waals surface area (Å²) in [6, 6.07) is 2.94. The van der Waals surface area contributed by atoms with Gasteiger partial charge in [-0.3, -0.25) is 4.79 Å². The number of ether oxygens (including phenoxy) is 5. The number of aliphatic hydroxyl groups excluding tert-OH is 2. The molecule has 1 aliphatic carbocycles. The first-order valence-corrected chi connectivity index (χ1v) is 14.8. The number of rotatable bonds is 4. The van der Waals surface area contributed by atoms with Gasteiger partial charge in [0.25, 0.3) is 0 Å². The number of fused-ring (bicyclic) bond motifs is 3. The highest BCUT2D eigenvalue weighted by molar-refractivity contribution is 5.89. The van der Waals surface area contributed by atoms with Crippen LogP contribution in [-0.2, 0) is 19.1 Å². The van der Waals surface area contributed by atoms with Gasteiger partial charge in [0.2, 0.25) is 11.7 Å². The van der Waals surface area contributed by atoms with E-state index in [1.165, 1.54) is 13.2 Å². The van der Waals surface area contributed by atoms with Crippen LogP contribution in [0.4, 0.5) is 0 Å². The number of nitrogens with zero attached hydrogens (tertiary/aromatic N) is 1. The van der Waals surface area contributed by atoms with Crippen molar-refractivity contribution in [2.24, 2.45) is 5.92 Å². The number of aliphatic hydroxyl groups is 2. The first kappa shape index (κ1) is 31.1. The molecule has 1 saturated carbocycles. The van der Waals surface area contributed by atoms with Crippen molar-refractivity contribution in [3.05, 3.63) is 29.8 Å². The van der Waals surface area contributed by atoms with Gasteiger partial charge in [0.15, 0.2) is 11.5 Å². The third-order valence-electron chi connectivity index (χ3n) is 8.44. The standard InChI is InChI=1S/C31H45NO9/c1-20-25(34)13-9-15-39-23(18-33)19-40-27-17-22(16-26(37-2)29(27)38-3)28(21-10-5-4-6-11-21)30(35)32-14-8-7-12-24(32)31(36)41-20/h9,13,16-17,20-21,23-25,28,33-34H,4-8,10-12,14-15,18-19H2,1-3H3/b13-9+/t20-,23-,24+,25+,28+/m1/s1. The molecule has 0 radical (unpaired) electrons. The van der Waals surface area contributed by atoms with Gasteiger partial charge in [-0.15, -0.1) is 0 Å². The van der Waals surface area contributed by atoms with E-state index in [1.54, 1.807) is 25.0 Å². The Labute approximate surface area is 242 Å². The van der Waals surface area contributed by atoms with E-state index >= 15 is 0 Å². The molecule has 4 rings (SSSR count). The summed E-state index contributed by atoms with van der Waals surface area (Å²) in [7, 11) is 3.06. The van der Waals surface area contributed by atoms with Gasteiger partial charge in [-0.2, -0.15) is 0 Å². The Morgan fingerprint density at radius 1 is 1.02 bits per heavy atom. The summed E-state index contributed by atoms with van der Waals surface area (Å²) in [5.41, 5.74) is 0.738. The minimum absolute atomic E-state index is 0.0279. The highest BCUT2D eigenvalue weighted by Crippen LogP contribution is 2.45. The Kier molecular flexibility index (Phi) is 11.3. The molecule has 2 N–H and O–H groups in total. The van der Waals surface area contributed by atoms with Gasteiger partial charge in [0.05, 0.1) is 33.4 Å². The fourth-order valence-electron chi connectivity index (χ4n) is 6.15. The Balaban J connectivity index is 1.79. The van der Waals surface area contributed by atoms with Crippen molar-refractivity contribution >= 4 is 11.9 Å². The molecule has 2 aliphatic heterocycles. The summed E-state index contributed by atoms with van der Waals surface area (Å²) in [5, 5.41) is 20.5. The van der Waals surface area contributed by atoms with Crippen molar-refractivity contribution in [2.45, 2.75) is 88.6 Å². The van der Waals surface area contributed by atoms with Gasteiger partial charge in [0, 0.05) is 6.54 Å². The van der Waals surface area contributed by atoms with Crippen LogP contribution in [0.15, 0.2) is 24.3 Å². The van der Waals surface area contributed by atoms with Crippen LogP contribution < -0.4 is 14.2 Å². The molecule has 0 spiro atoms. The molecule has 1 amide bonds. The van der Waals surface area contributed by atoms with Crippen molar-refractivity contribution < 1.29 is 43.5 Å². The number of hydrogen-bond donors (Lipinski definition) is 2. The molecule has 228 valence electrons. The van der Waals surface area contributed by atoms with Crippen LogP contribution in [0.2, 0.25) is 0 Å². The van der Waals surface area contributed by atoms with Gasteiger partial charge < -0.3 is 38.8 Å². The molecule has 10 heteroatoms. The van der Waals surface area contributed by atoms with E-state index in [9.17, 15) is 19.8 Å². The Bertz CT molecular complexity index is 1050. The second-order valence-electron chi connectivity index (χ2n) is 11.2. The number of piperidine rings is 1. The van der Waals surface area contributed by atoms with Crippen molar-refractivity contribution in [1.82, 2.24) is 4.90 Å². The number of carbonyl (C=O) groups excluding carboxylic acids is 2. The highest BCUT2D eigenvalue weighted by Gasteiger charge is 2.41. The molecule has 5 atom stereocenters. The van der Waals surface area contributed by atoms with E-state index in [2.05, 4.69) is 0 Å². The van der Waals surface area contributed by atoms with Gasteiger partial charge in [-0.1, -0.05) is 31.4 Å². The predicted molar refractivity (Wildman–Crippen MR) is 151 cm³/mol. The van der Waals surface area contributed by atoms with Crippen LogP contribution in [0.25, 0.3) is 0 Å².